The molecule has 0 fully saturated rings. The first-order valence-electron chi connectivity index (χ1n) is 10.2. The van der Waals surface area contributed by atoms with E-state index in [9.17, 15) is 9.90 Å². The summed E-state index contributed by atoms with van der Waals surface area (Å²) >= 11 is 0. The van der Waals surface area contributed by atoms with Crippen LogP contribution in [0.2, 0.25) is 0 Å². The molecule has 1 unspecified atom stereocenters. The van der Waals surface area contributed by atoms with Crippen LogP contribution < -0.4 is 10.1 Å². The molecule has 4 rings (SSSR count). The Labute approximate surface area is 176 Å². The van der Waals surface area contributed by atoms with Crippen molar-refractivity contribution >= 4 is 22.8 Å². The molecule has 1 aliphatic rings. The molecule has 3 aromatic rings. The average Bonchev–Trinajstić information content (AvgIpc) is 2.70. The summed E-state index contributed by atoms with van der Waals surface area (Å²) in [6.07, 6.45) is 1.17. The van der Waals surface area contributed by atoms with Gasteiger partial charge in [-0.3, -0.25) is 4.79 Å². The minimum Gasteiger partial charge on any atom is -0.507 e. The van der Waals surface area contributed by atoms with Gasteiger partial charge in [0.1, 0.15) is 17.3 Å². The average molecular weight is 405 g/mol. The van der Waals surface area contributed by atoms with Crippen molar-refractivity contribution < 1.29 is 14.6 Å². The van der Waals surface area contributed by atoms with Crippen LogP contribution in [-0.4, -0.2) is 26.6 Å². The van der Waals surface area contributed by atoms with Gasteiger partial charge in [-0.05, 0) is 88.4 Å². The summed E-state index contributed by atoms with van der Waals surface area (Å²) in [7, 11) is 0. The molecule has 6 nitrogen and oxygen atoms in total. The number of nitrogens with one attached hydrogen (secondary N) is 1. The normalized spacial score (nSPS) is 18.1. The van der Waals surface area contributed by atoms with Crippen LogP contribution in [0.1, 0.15) is 46.9 Å². The summed E-state index contributed by atoms with van der Waals surface area (Å²) in [6.45, 7) is 11.4. The molecule has 1 amide bonds. The number of hydrogen-bond donors (Lipinski definition) is 2. The molecule has 0 aliphatic carbocycles. The van der Waals surface area contributed by atoms with Crippen molar-refractivity contribution in [3.63, 3.8) is 0 Å². The van der Waals surface area contributed by atoms with E-state index >= 15 is 0 Å². The van der Waals surface area contributed by atoms with Crippen LogP contribution in [0.25, 0.3) is 11.0 Å². The number of ether oxygens (including phenoxy) is 1. The van der Waals surface area contributed by atoms with E-state index in [1.165, 1.54) is 0 Å². The fourth-order valence-corrected chi connectivity index (χ4v) is 4.16. The SMILES string of the molecule is Cc1cc(C)c2ccc(NC(=O)C3(C)CCc4c(C)c(O)c(C)c(C)c4O3)nc2n1. The molecule has 2 aromatic heterocycles. The summed E-state index contributed by atoms with van der Waals surface area (Å²) < 4.78 is 6.26. The monoisotopic (exact) mass is 405 g/mol. The second-order valence-corrected chi connectivity index (χ2v) is 8.47. The van der Waals surface area contributed by atoms with Crippen molar-refractivity contribution in [2.45, 2.75) is 60.0 Å². The molecular formula is C24H27N3O3. The lowest BCUT2D eigenvalue weighted by atomic mass is 9.86. The van der Waals surface area contributed by atoms with Gasteiger partial charge in [0.25, 0.3) is 5.91 Å². The Morgan fingerprint density at radius 3 is 2.57 bits per heavy atom. The molecule has 6 heteroatoms. The second kappa shape index (κ2) is 6.97. The Morgan fingerprint density at radius 1 is 1.10 bits per heavy atom. The van der Waals surface area contributed by atoms with Gasteiger partial charge in [0.2, 0.25) is 0 Å². The maximum atomic E-state index is 13.2. The van der Waals surface area contributed by atoms with Crippen LogP contribution >= 0.6 is 0 Å². The van der Waals surface area contributed by atoms with E-state index < -0.39 is 5.60 Å². The zero-order valence-corrected chi connectivity index (χ0v) is 18.3. The number of anilines is 1. The van der Waals surface area contributed by atoms with E-state index in [0.29, 0.717) is 35.8 Å². The minimum absolute atomic E-state index is 0.243. The molecule has 156 valence electrons. The molecule has 0 saturated carbocycles. The minimum atomic E-state index is -1.03. The van der Waals surface area contributed by atoms with Gasteiger partial charge in [0, 0.05) is 23.1 Å². The first kappa shape index (κ1) is 20.1. The number of amides is 1. The number of phenols is 1. The fraction of sp³-hybridized carbons (Fsp3) is 0.375. The van der Waals surface area contributed by atoms with Gasteiger partial charge in [-0.1, -0.05) is 0 Å². The highest BCUT2D eigenvalue weighted by Crippen LogP contribution is 2.43. The van der Waals surface area contributed by atoms with Crippen molar-refractivity contribution in [3.05, 3.63) is 51.7 Å². The van der Waals surface area contributed by atoms with Crippen molar-refractivity contribution in [2.24, 2.45) is 0 Å². The van der Waals surface area contributed by atoms with Crippen LogP contribution in [0.3, 0.4) is 0 Å². The van der Waals surface area contributed by atoms with Crippen LogP contribution in [0.5, 0.6) is 11.5 Å². The number of carbonyl (C=O) groups excluding carboxylic acids is 1. The zero-order valence-electron chi connectivity index (χ0n) is 18.3. The molecule has 2 N–H and O–H groups in total. The topological polar surface area (TPSA) is 84.3 Å². The third-order valence-corrected chi connectivity index (χ3v) is 6.25. The molecule has 30 heavy (non-hydrogen) atoms. The van der Waals surface area contributed by atoms with Gasteiger partial charge in [0.05, 0.1) is 0 Å². The zero-order chi connectivity index (χ0) is 21.8. The van der Waals surface area contributed by atoms with Crippen LogP contribution in [0.4, 0.5) is 5.82 Å². The number of hydrogen-bond acceptors (Lipinski definition) is 5. The van der Waals surface area contributed by atoms with Crippen molar-refractivity contribution in [1.82, 2.24) is 9.97 Å². The number of rotatable bonds is 2. The highest BCUT2D eigenvalue weighted by atomic mass is 16.5. The quantitative estimate of drug-likeness (QED) is 0.651. The lowest BCUT2D eigenvalue weighted by molar-refractivity contribution is -0.131. The smallest absolute Gasteiger partial charge is 0.269 e. The number of pyridine rings is 2. The lowest BCUT2D eigenvalue weighted by Gasteiger charge is -2.36. The van der Waals surface area contributed by atoms with E-state index in [4.69, 9.17) is 4.74 Å². The second-order valence-electron chi connectivity index (χ2n) is 8.47. The van der Waals surface area contributed by atoms with Gasteiger partial charge in [-0.25, -0.2) is 9.97 Å². The summed E-state index contributed by atoms with van der Waals surface area (Å²) in [6, 6.07) is 5.74. The largest absolute Gasteiger partial charge is 0.507 e. The first-order chi connectivity index (χ1) is 14.1. The van der Waals surface area contributed by atoms with E-state index in [2.05, 4.69) is 15.3 Å². The van der Waals surface area contributed by atoms with Gasteiger partial charge >= 0.3 is 0 Å². The number of fused-ring (bicyclic) bond motifs is 2. The van der Waals surface area contributed by atoms with Gasteiger partial charge in [0.15, 0.2) is 11.2 Å². The van der Waals surface area contributed by atoms with E-state index in [1.54, 1.807) is 13.0 Å². The number of phenolic OH excluding ortho intramolecular Hbond substituents is 1. The maximum absolute atomic E-state index is 13.2. The molecule has 1 aromatic carbocycles. The summed E-state index contributed by atoms with van der Waals surface area (Å²) in [4.78, 5) is 22.2. The number of aromatic nitrogens is 2. The molecule has 0 bridgehead atoms. The Kier molecular flexibility index (Phi) is 4.68. The number of aryl methyl sites for hydroxylation is 2. The van der Waals surface area contributed by atoms with E-state index in [-0.39, 0.29) is 5.91 Å². The molecular weight excluding hydrogens is 378 g/mol. The number of aromatic hydroxyl groups is 1. The summed E-state index contributed by atoms with van der Waals surface area (Å²) in [5, 5.41) is 14.2. The molecule has 3 heterocycles. The van der Waals surface area contributed by atoms with Crippen LogP contribution in [0.15, 0.2) is 18.2 Å². The Balaban J connectivity index is 1.64. The first-order valence-corrected chi connectivity index (χ1v) is 10.2. The maximum Gasteiger partial charge on any atom is 0.269 e. The van der Waals surface area contributed by atoms with Crippen molar-refractivity contribution in [2.75, 3.05) is 5.32 Å². The summed E-state index contributed by atoms with van der Waals surface area (Å²) in [5.41, 5.74) is 5.02. The predicted molar refractivity (Wildman–Crippen MR) is 117 cm³/mol. The molecule has 1 atom stereocenters. The van der Waals surface area contributed by atoms with Gasteiger partial charge < -0.3 is 15.2 Å². The van der Waals surface area contributed by atoms with Gasteiger partial charge in [-0.15, -0.1) is 0 Å². The lowest BCUT2D eigenvalue weighted by Crippen LogP contribution is -2.48. The number of carbonyl (C=O) groups is 1. The molecule has 1 aliphatic heterocycles. The standard InChI is InChI=1S/C24H27N3O3/c1-12-11-13(2)25-22-17(12)7-8-19(26-22)27-23(29)24(6)10-9-18-16(5)20(28)14(3)15(4)21(18)30-24/h7-8,11,28H,9-10H2,1-6H3,(H,25,26,27,29). The molecule has 0 radical (unpaired) electrons. The predicted octanol–water partition coefficient (Wildman–Crippen LogP) is 4.60. The molecule has 0 saturated heterocycles. The Hall–Kier alpha value is -3.15. The number of nitrogens with zero attached hydrogens (tertiary/aromatic N) is 2. The van der Waals surface area contributed by atoms with Crippen molar-refractivity contribution in [3.8, 4) is 11.5 Å². The highest BCUT2D eigenvalue weighted by molar-refractivity contribution is 5.97. The third kappa shape index (κ3) is 3.16. The van der Waals surface area contributed by atoms with Gasteiger partial charge in [-0.2, -0.15) is 0 Å². The van der Waals surface area contributed by atoms with Crippen LogP contribution in [-0.2, 0) is 11.2 Å². The van der Waals surface area contributed by atoms with E-state index in [0.717, 1.165) is 38.9 Å². The fourth-order valence-electron chi connectivity index (χ4n) is 4.16. The van der Waals surface area contributed by atoms with E-state index in [1.807, 2.05) is 46.8 Å². The van der Waals surface area contributed by atoms with Crippen LogP contribution in [0, 0.1) is 34.6 Å². The third-order valence-electron chi connectivity index (χ3n) is 6.25. The Morgan fingerprint density at radius 2 is 1.83 bits per heavy atom. The summed E-state index contributed by atoms with van der Waals surface area (Å²) in [5.74, 6) is 1.22. The van der Waals surface area contributed by atoms with Crippen molar-refractivity contribution in [1.29, 1.82) is 0 Å². The highest BCUT2D eigenvalue weighted by Gasteiger charge is 2.41. The Bertz CT molecular complexity index is 1200. The molecule has 0 spiro atoms. The number of benzene rings is 1.